The number of carbonyl (C=O) groups excluding carboxylic acids is 2. The molecule has 1 aliphatic carbocycles. The fourth-order valence-electron chi connectivity index (χ4n) is 2.80. The van der Waals surface area contributed by atoms with Crippen LogP contribution in [0.25, 0.3) is 0 Å². The number of aliphatic hydroxyl groups is 1. The van der Waals surface area contributed by atoms with E-state index in [2.05, 4.69) is 0 Å². The second kappa shape index (κ2) is 6.83. The fraction of sp³-hybridized carbons (Fsp3) is 0.471. The molecule has 0 bridgehead atoms. The largest absolute Gasteiger partial charge is 0.481 e. The smallest absolute Gasteiger partial charge is 0.303 e. The predicted molar refractivity (Wildman–Crippen MR) is 80.0 cm³/mol. The highest BCUT2D eigenvalue weighted by atomic mass is 16.4. The first-order valence-corrected chi connectivity index (χ1v) is 7.55. The van der Waals surface area contributed by atoms with Crippen LogP contribution >= 0.6 is 0 Å². The molecule has 0 aromatic heterocycles. The molecule has 1 aliphatic rings. The number of hydrogen-bond donors (Lipinski definition) is 2. The quantitative estimate of drug-likeness (QED) is 0.788. The molecule has 0 saturated heterocycles. The minimum absolute atomic E-state index is 0.0629. The van der Waals surface area contributed by atoms with Gasteiger partial charge in [0.1, 0.15) is 5.60 Å². The van der Waals surface area contributed by atoms with Crippen LogP contribution in [0.5, 0.6) is 0 Å². The molecule has 0 heterocycles. The third kappa shape index (κ3) is 3.80. The summed E-state index contributed by atoms with van der Waals surface area (Å²) in [5.41, 5.74) is -0.514. The lowest BCUT2D eigenvalue weighted by atomic mass is 9.79. The van der Waals surface area contributed by atoms with Crippen LogP contribution < -0.4 is 0 Å². The monoisotopic (exact) mass is 304 g/mol. The number of carboxylic acid groups (broad SMARTS) is 1. The van der Waals surface area contributed by atoms with Gasteiger partial charge >= 0.3 is 5.97 Å². The van der Waals surface area contributed by atoms with E-state index >= 15 is 0 Å². The molecule has 1 aromatic rings. The van der Waals surface area contributed by atoms with E-state index in [1.807, 2.05) is 0 Å². The van der Waals surface area contributed by atoms with Gasteiger partial charge in [0.2, 0.25) is 0 Å². The van der Waals surface area contributed by atoms with Crippen molar-refractivity contribution in [3.63, 3.8) is 0 Å². The molecule has 0 amide bonds. The molecule has 118 valence electrons. The Morgan fingerprint density at radius 3 is 2.00 bits per heavy atom. The maximum atomic E-state index is 12.4. The Balaban J connectivity index is 2.06. The van der Waals surface area contributed by atoms with Crippen molar-refractivity contribution >= 4 is 17.5 Å². The molecule has 5 nitrogen and oxygen atoms in total. The number of carboxylic acids is 1. The fourth-order valence-corrected chi connectivity index (χ4v) is 2.80. The van der Waals surface area contributed by atoms with Gasteiger partial charge in [0, 0.05) is 17.5 Å². The number of benzene rings is 1. The average molecular weight is 304 g/mol. The molecule has 2 rings (SSSR count). The molecular formula is C17H20O5. The molecule has 0 unspecified atom stereocenters. The Bertz CT molecular complexity index is 567. The van der Waals surface area contributed by atoms with Gasteiger partial charge in [-0.25, -0.2) is 0 Å². The van der Waals surface area contributed by atoms with Gasteiger partial charge in [0.15, 0.2) is 11.6 Å². The molecule has 1 fully saturated rings. The number of rotatable bonds is 6. The maximum Gasteiger partial charge on any atom is 0.303 e. The highest BCUT2D eigenvalue weighted by Crippen LogP contribution is 2.31. The molecular weight excluding hydrogens is 284 g/mol. The summed E-state index contributed by atoms with van der Waals surface area (Å²) in [5, 5.41) is 19.0. The zero-order valence-corrected chi connectivity index (χ0v) is 12.4. The number of aliphatic carboxylic acids is 1. The molecule has 0 radical (unpaired) electrons. The minimum Gasteiger partial charge on any atom is -0.481 e. The molecule has 1 saturated carbocycles. The second-order valence-corrected chi connectivity index (χ2v) is 5.82. The molecule has 2 N–H and O–H groups in total. The Labute approximate surface area is 129 Å². The van der Waals surface area contributed by atoms with Crippen molar-refractivity contribution in [3.05, 3.63) is 35.4 Å². The zero-order valence-electron chi connectivity index (χ0n) is 12.4. The highest BCUT2D eigenvalue weighted by Gasteiger charge is 2.37. The van der Waals surface area contributed by atoms with Crippen molar-refractivity contribution in [1.29, 1.82) is 0 Å². The summed E-state index contributed by atoms with van der Waals surface area (Å²) in [4.78, 5) is 34.7. The van der Waals surface area contributed by atoms with Gasteiger partial charge in [-0.3, -0.25) is 14.4 Å². The molecule has 22 heavy (non-hydrogen) atoms. The molecule has 0 spiro atoms. The van der Waals surface area contributed by atoms with Gasteiger partial charge in [-0.15, -0.1) is 0 Å². The molecule has 5 heteroatoms. The molecule has 1 aromatic carbocycles. The minimum atomic E-state index is -1.28. The van der Waals surface area contributed by atoms with Crippen LogP contribution in [-0.4, -0.2) is 33.3 Å². The van der Waals surface area contributed by atoms with Crippen molar-refractivity contribution in [2.45, 2.75) is 50.5 Å². The standard InChI is InChI=1S/C17H20O5/c18-14(8-9-15(19)20)12-4-6-13(7-5-12)16(21)17(22)10-2-1-3-11-17/h4-7,22H,1-3,8-11H2,(H,19,20). The molecule has 0 atom stereocenters. The Hall–Kier alpha value is -2.01. The summed E-state index contributed by atoms with van der Waals surface area (Å²) in [5.74, 6) is -1.57. The van der Waals surface area contributed by atoms with Crippen LogP contribution in [-0.2, 0) is 4.79 Å². The van der Waals surface area contributed by atoms with E-state index in [0.29, 0.717) is 24.0 Å². The number of carbonyl (C=O) groups is 3. The van der Waals surface area contributed by atoms with Gasteiger partial charge in [0.25, 0.3) is 0 Å². The molecule has 0 aliphatic heterocycles. The average Bonchev–Trinajstić information content (AvgIpc) is 2.52. The summed E-state index contributed by atoms with van der Waals surface area (Å²) in [6, 6.07) is 6.10. The van der Waals surface area contributed by atoms with Crippen LogP contribution in [0.3, 0.4) is 0 Å². The van der Waals surface area contributed by atoms with E-state index in [4.69, 9.17) is 5.11 Å². The lowest BCUT2D eigenvalue weighted by Crippen LogP contribution is -2.40. The lowest BCUT2D eigenvalue weighted by Gasteiger charge is -2.30. The summed E-state index contributed by atoms with van der Waals surface area (Å²) in [6.07, 6.45) is 3.40. The van der Waals surface area contributed by atoms with E-state index in [1.165, 1.54) is 24.3 Å². The van der Waals surface area contributed by atoms with Crippen molar-refractivity contribution in [1.82, 2.24) is 0 Å². The summed E-state index contributed by atoms with van der Waals surface area (Å²) in [7, 11) is 0. The zero-order chi connectivity index (χ0) is 16.2. The van der Waals surface area contributed by atoms with E-state index in [1.54, 1.807) is 0 Å². The van der Waals surface area contributed by atoms with E-state index in [-0.39, 0.29) is 24.4 Å². The number of hydrogen-bond acceptors (Lipinski definition) is 4. The Kier molecular flexibility index (Phi) is 5.08. The number of ketones is 2. The van der Waals surface area contributed by atoms with Gasteiger partial charge in [-0.2, -0.15) is 0 Å². The highest BCUT2D eigenvalue weighted by molar-refractivity contribution is 6.03. The first-order chi connectivity index (χ1) is 10.4. The predicted octanol–water partition coefficient (Wildman–Crippen LogP) is 2.61. The van der Waals surface area contributed by atoms with Crippen molar-refractivity contribution < 1.29 is 24.6 Å². The third-order valence-corrected chi connectivity index (χ3v) is 4.14. The summed E-state index contributed by atoms with van der Waals surface area (Å²) in [6.45, 7) is 0. The third-order valence-electron chi connectivity index (χ3n) is 4.14. The Morgan fingerprint density at radius 1 is 0.909 bits per heavy atom. The van der Waals surface area contributed by atoms with E-state index in [0.717, 1.165) is 19.3 Å². The second-order valence-electron chi connectivity index (χ2n) is 5.82. The van der Waals surface area contributed by atoms with Crippen LogP contribution in [0.1, 0.15) is 65.7 Å². The topological polar surface area (TPSA) is 91.7 Å². The van der Waals surface area contributed by atoms with Crippen LogP contribution in [0.15, 0.2) is 24.3 Å². The summed E-state index contributed by atoms with van der Waals surface area (Å²) < 4.78 is 0. The first-order valence-electron chi connectivity index (χ1n) is 7.55. The van der Waals surface area contributed by atoms with Crippen molar-refractivity contribution in [3.8, 4) is 0 Å². The van der Waals surface area contributed by atoms with E-state index < -0.39 is 11.6 Å². The van der Waals surface area contributed by atoms with Crippen LogP contribution in [0, 0.1) is 0 Å². The summed E-state index contributed by atoms with van der Waals surface area (Å²) >= 11 is 0. The maximum absolute atomic E-state index is 12.4. The van der Waals surface area contributed by atoms with Gasteiger partial charge < -0.3 is 10.2 Å². The lowest BCUT2D eigenvalue weighted by molar-refractivity contribution is -0.136. The van der Waals surface area contributed by atoms with Gasteiger partial charge in [0.05, 0.1) is 6.42 Å². The Morgan fingerprint density at radius 2 is 1.45 bits per heavy atom. The van der Waals surface area contributed by atoms with Gasteiger partial charge in [-0.1, -0.05) is 43.5 Å². The van der Waals surface area contributed by atoms with Crippen molar-refractivity contribution in [2.75, 3.05) is 0 Å². The van der Waals surface area contributed by atoms with Gasteiger partial charge in [-0.05, 0) is 12.8 Å². The first kappa shape index (κ1) is 16.4. The van der Waals surface area contributed by atoms with E-state index in [9.17, 15) is 19.5 Å². The normalized spacial score (nSPS) is 17.0. The van der Waals surface area contributed by atoms with Crippen molar-refractivity contribution in [2.24, 2.45) is 0 Å². The van der Waals surface area contributed by atoms with Crippen LogP contribution in [0.2, 0.25) is 0 Å². The van der Waals surface area contributed by atoms with Crippen LogP contribution in [0.4, 0.5) is 0 Å². The number of Topliss-reactive ketones (excluding diaryl/α,β-unsaturated/α-hetero) is 2. The SMILES string of the molecule is O=C(O)CCC(=O)c1ccc(C(=O)C2(O)CCCCC2)cc1.